The van der Waals surface area contributed by atoms with Gasteiger partial charge in [0.05, 0.1) is 4.92 Å². The summed E-state index contributed by atoms with van der Waals surface area (Å²) in [5.74, 6) is -0.574. The van der Waals surface area contributed by atoms with Gasteiger partial charge in [-0.15, -0.1) is 0 Å². The predicted octanol–water partition coefficient (Wildman–Crippen LogP) is 1.05. The standard InChI is InChI=1S/C14H20N4O5S/c1-16(2)24(22,23)17-8-6-11(7-9-17)14(19)15-12-4-3-5-13(10-12)18(20)21/h3-5,10-11H,6-9H2,1-2H3,(H,15,19). The van der Waals surface area contributed by atoms with E-state index in [-0.39, 0.29) is 30.6 Å². The summed E-state index contributed by atoms with van der Waals surface area (Å²) in [5, 5.41) is 13.4. The Bertz CT molecular complexity index is 726. The van der Waals surface area contributed by atoms with E-state index in [4.69, 9.17) is 0 Å². The van der Waals surface area contributed by atoms with Gasteiger partial charge in [0.25, 0.3) is 15.9 Å². The van der Waals surface area contributed by atoms with Crippen LogP contribution in [0.25, 0.3) is 0 Å². The first-order valence-electron chi connectivity index (χ1n) is 7.44. The fourth-order valence-electron chi connectivity index (χ4n) is 2.52. The molecule has 1 amide bonds. The smallest absolute Gasteiger partial charge is 0.281 e. The molecule has 1 fully saturated rings. The first kappa shape index (κ1) is 18.3. The van der Waals surface area contributed by atoms with E-state index in [1.165, 1.54) is 36.6 Å². The Hall–Kier alpha value is -2.04. The third-order valence-corrected chi connectivity index (χ3v) is 5.88. The van der Waals surface area contributed by atoms with Crippen LogP contribution in [0, 0.1) is 16.0 Å². The number of anilines is 1. The highest BCUT2D eigenvalue weighted by molar-refractivity contribution is 7.86. The summed E-state index contributed by atoms with van der Waals surface area (Å²) in [6.45, 7) is 0.543. The van der Waals surface area contributed by atoms with Gasteiger partial charge in [0.1, 0.15) is 0 Å². The summed E-state index contributed by atoms with van der Waals surface area (Å²) in [7, 11) is -0.526. The van der Waals surface area contributed by atoms with Crippen molar-refractivity contribution in [3.05, 3.63) is 34.4 Å². The Kier molecular flexibility index (Phi) is 5.52. The van der Waals surface area contributed by atoms with E-state index in [1.54, 1.807) is 6.07 Å². The molecule has 0 aromatic heterocycles. The minimum atomic E-state index is -3.46. The Labute approximate surface area is 140 Å². The highest BCUT2D eigenvalue weighted by atomic mass is 32.2. The number of amides is 1. The average Bonchev–Trinajstić information content (AvgIpc) is 2.55. The van der Waals surface area contributed by atoms with Crippen molar-refractivity contribution in [2.24, 2.45) is 5.92 Å². The van der Waals surface area contributed by atoms with Crippen LogP contribution in [0.4, 0.5) is 11.4 Å². The number of piperidine rings is 1. The van der Waals surface area contributed by atoms with Crippen LogP contribution in [0.2, 0.25) is 0 Å². The fraction of sp³-hybridized carbons (Fsp3) is 0.500. The average molecular weight is 356 g/mol. The minimum absolute atomic E-state index is 0.0975. The molecule has 1 N–H and O–H groups in total. The number of carbonyl (C=O) groups is 1. The lowest BCUT2D eigenvalue weighted by Gasteiger charge is -2.32. The second kappa shape index (κ2) is 7.24. The van der Waals surface area contributed by atoms with Crippen molar-refractivity contribution in [1.29, 1.82) is 0 Å². The number of hydrogen-bond donors (Lipinski definition) is 1. The van der Waals surface area contributed by atoms with Crippen LogP contribution in [-0.2, 0) is 15.0 Å². The fourth-order valence-corrected chi connectivity index (χ4v) is 3.66. The van der Waals surface area contributed by atoms with Crippen molar-refractivity contribution in [3.8, 4) is 0 Å². The van der Waals surface area contributed by atoms with Crippen molar-refractivity contribution in [2.45, 2.75) is 12.8 Å². The number of nitrogens with one attached hydrogen (secondary N) is 1. The number of hydrogen-bond acceptors (Lipinski definition) is 5. The van der Waals surface area contributed by atoms with Gasteiger partial charge in [0.2, 0.25) is 5.91 Å². The summed E-state index contributed by atoms with van der Waals surface area (Å²) in [6, 6.07) is 5.72. The first-order chi connectivity index (χ1) is 11.2. The molecular weight excluding hydrogens is 336 g/mol. The van der Waals surface area contributed by atoms with Gasteiger partial charge in [-0.2, -0.15) is 17.0 Å². The predicted molar refractivity (Wildman–Crippen MR) is 88.6 cm³/mol. The third kappa shape index (κ3) is 4.08. The quantitative estimate of drug-likeness (QED) is 0.626. The van der Waals surface area contributed by atoms with Crippen molar-refractivity contribution in [2.75, 3.05) is 32.5 Å². The van der Waals surface area contributed by atoms with Crippen molar-refractivity contribution < 1.29 is 18.1 Å². The number of non-ortho nitro benzene ring substituents is 1. The molecule has 10 heteroatoms. The summed E-state index contributed by atoms with van der Waals surface area (Å²) < 4.78 is 26.6. The monoisotopic (exact) mass is 356 g/mol. The molecule has 0 aliphatic carbocycles. The Morgan fingerprint density at radius 2 is 1.96 bits per heavy atom. The van der Waals surface area contributed by atoms with E-state index in [0.717, 1.165) is 4.31 Å². The molecule has 0 atom stereocenters. The SMILES string of the molecule is CN(C)S(=O)(=O)N1CCC(C(=O)Nc2cccc([N+](=O)[O-])c2)CC1. The van der Waals surface area contributed by atoms with Crippen LogP contribution < -0.4 is 5.32 Å². The molecule has 0 saturated carbocycles. The maximum Gasteiger partial charge on any atom is 0.281 e. The second-order valence-corrected chi connectivity index (χ2v) is 7.90. The first-order valence-corrected chi connectivity index (χ1v) is 8.84. The van der Waals surface area contributed by atoms with Crippen LogP contribution in [0.15, 0.2) is 24.3 Å². The van der Waals surface area contributed by atoms with Crippen LogP contribution in [0.3, 0.4) is 0 Å². The summed E-state index contributed by atoms with van der Waals surface area (Å²) >= 11 is 0. The van der Waals surface area contributed by atoms with Crippen LogP contribution in [0.5, 0.6) is 0 Å². The van der Waals surface area contributed by atoms with Crippen LogP contribution in [0.1, 0.15) is 12.8 Å². The maximum absolute atomic E-state index is 12.3. The number of benzene rings is 1. The highest BCUT2D eigenvalue weighted by Crippen LogP contribution is 2.23. The van der Waals surface area contributed by atoms with Gasteiger partial charge < -0.3 is 5.32 Å². The largest absolute Gasteiger partial charge is 0.326 e. The lowest BCUT2D eigenvalue weighted by atomic mass is 9.97. The van der Waals surface area contributed by atoms with Gasteiger partial charge in [0.15, 0.2) is 0 Å². The zero-order valence-corrected chi connectivity index (χ0v) is 14.3. The van der Waals surface area contributed by atoms with E-state index in [9.17, 15) is 23.3 Å². The summed E-state index contributed by atoms with van der Waals surface area (Å²) in [4.78, 5) is 22.5. The molecule has 0 spiro atoms. The van der Waals surface area contributed by atoms with Crippen LogP contribution >= 0.6 is 0 Å². The molecule has 1 aromatic rings. The van der Waals surface area contributed by atoms with E-state index in [1.807, 2.05) is 0 Å². The molecule has 1 aliphatic rings. The normalized spacial score (nSPS) is 17.0. The minimum Gasteiger partial charge on any atom is -0.326 e. The second-order valence-electron chi connectivity index (χ2n) is 5.76. The molecule has 1 aliphatic heterocycles. The number of carbonyl (C=O) groups excluding carboxylic acids is 1. The van der Waals surface area contributed by atoms with Crippen molar-refractivity contribution in [1.82, 2.24) is 8.61 Å². The Morgan fingerprint density at radius 1 is 1.33 bits per heavy atom. The molecule has 1 aromatic carbocycles. The lowest BCUT2D eigenvalue weighted by molar-refractivity contribution is -0.384. The van der Waals surface area contributed by atoms with E-state index < -0.39 is 15.1 Å². The zero-order valence-electron chi connectivity index (χ0n) is 13.5. The van der Waals surface area contributed by atoms with Crippen molar-refractivity contribution in [3.63, 3.8) is 0 Å². The number of rotatable bonds is 5. The van der Waals surface area contributed by atoms with E-state index >= 15 is 0 Å². The van der Waals surface area contributed by atoms with Crippen LogP contribution in [-0.4, -0.2) is 55.0 Å². The Balaban J connectivity index is 1.96. The van der Waals surface area contributed by atoms with Gasteiger partial charge in [-0.3, -0.25) is 14.9 Å². The molecule has 0 unspecified atom stereocenters. The number of nitrogens with zero attached hydrogens (tertiary/aromatic N) is 3. The van der Waals surface area contributed by atoms with Gasteiger partial charge in [0, 0.05) is 50.9 Å². The molecule has 132 valence electrons. The Morgan fingerprint density at radius 3 is 2.50 bits per heavy atom. The number of nitro groups is 1. The molecule has 0 radical (unpaired) electrons. The summed E-state index contributed by atoms with van der Waals surface area (Å²) in [5.41, 5.74) is 0.261. The number of nitro benzene ring substituents is 1. The van der Waals surface area contributed by atoms with Gasteiger partial charge in [-0.05, 0) is 18.9 Å². The molecule has 1 saturated heterocycles. The van der Waals surface area contributed by atoms with Crippen molar-refractivity contribution >= 4 is 27.5 Å². The molecule has 1 heterocycles. The summed E-state index contributed by atoms with van der Waals surface area (Å²) in [6.07, 6.45) is 0.821. The molecule has 2 rings (SSSR count). The highest BCUT2D eigenvalue weighted by Gasteiger charge is 2.32. The molecule has 24 heavy (non-hydrogen) atoms. The van der Waals surface area contributed by atoms with Gasteiger partial charge in [-0.1, -0.05) is 6.07 Å². The molecular formula is C14H20N4O5S. The maximum atomic E-state index is 12.3. The third-order valence-electron chi connectivity index (χ3n) is 3.94. The zero-order chi connectivity index (χ0) is 17.9. The molecule has 9 nitrogen and oxygen atoms in total. The van der Waals surface area contributed by atoms with Gasteiger partial charge >= 0.3 is 0 Å². The lowest BCUT2D eigenvalue weighted by Crippen LogP contribution is -2.46. The van der Waals surface area contributed by atoms with Gasteiger partial charge in [-0.25, -0.2) is 0 Å². The molecule has 0 bridgehead atoms. The topological polar surface area (TPSA) is 113 Å². The van der Waals surface area contributed by atoms with E-state index in [0.29, 0.717) is 18.5 Å². The van der Waals surface area contributed by atoms with E-state index in [2.05, 4.69) is 5.32 Å².